The van der Waals surface area contributed by atoms with Crippen LogP contribution in [0.2, 0.25) is 0 Å². The van der Waals surface area contributed by atoms with Gasteiger partial charge in [0.15, 0.2) is 0 Å². The number of hydrogen-bond acceptors (Lipinski definition) is 2. The smallest absolute Gasteiger partial charge is 0.0831 e. The molecule has 1 saturated heterocycles. The van der Waals surface area contributed by atoms with Crippen LogP contribution in [0.1, 0.15) is 54.4 Å². The van der Waals surface area contributed by atoms with Crippen LogP contribution in [0.5, 0.6) is 0 Å². The minimum Gasteiger partial charge on any atom is -0.381 e. The largest absolute Gasteiger partial charge is 0.381 e. The van der Waals surface area contributed by atoms with Crippen LogP contribution in [0.25, 0.3) is 0 Å². The van der Waals surface area contributed by atoms with E-state index in [9.17, 15) is 0 Å². The van der Waals surface area contributed by atoms with Crippen molar-refractivity contribution in [1.29, 1.82) is 0 Å². The monoisotopic (exact) mass is 218 g/mol. The Morgan fingerprint density at radius 3 is 2.20 bits per heavy atom. The van der Waals surface area contributed by atoms with E-state index in [1.165, 1.54) is 6.42 Å². The summed E-state index contributed by atoms with van der Waals surface area (Å²) in [6.07, 6.45) is 2.81. The maximum atomic E-state index is 5.46. The highest BCUT2D eigenvalue weighted by atomic mass is 16.6. The van der Waals surface area contributed by atoms with E-state index >= 15 is 0 Å². The van der Waals surface area contributed by atoms with E-state index < -0.39 is 0 Å². The van der Waals surface area contributed by atoms with Crippen molar-refractivity contribution in [1.82, 2.24) is 0 Å². The van der Waals surface area contributed by atoms with Crippen LogP contribution in [0.3, 0.4) is 0 Å². The van der Waals surface area contributed by atoms with E-state index in [4.69, 9.17) is 9.47 Å². The second-order valence-corrected chi connectivity index (χ2v) is 3.33. The fraction of sp³-hybridized carbons (Fsp3) is 1.00. The highest BCUT2D eigenvalue weighted by Gasteiger charge is 2.21. The third kappa shape index (κ3) is 13.9. The fourth-order valence-corrected chi connectivity index (χ4v) is 0.852. The van der Waals surface area contributed by atoms with Gasteiger partial charge in [-0.2, -0.15) is 0 Å². The summed E-state index contributed by atoms with van der Waals surface area (Å²) in [6.45, 7) is 15.1. The fourth-order valence-electron chi connectivity index (χ4n) is 0.852. The molecule has 0 bridgehead atoms. The van der Waals surface area contributed by atoms with Crippen molar-refractivity contribution in [2.75, 3.05) is 19.8 Å². The first kappa shape index (κ1) is 17.3. The number of epoxide rings is 1. The molecule has 2 atom stereocenters. The summed E-state index contributed by atoms with van der Waals surface area (Å²) in [5, 5.41) is 0. The summed E-state index contributed by atoms with van der Waals surface area (Å²) >= 11 is 0. The Morgan fingerprint density at radius 2 is 1.80 bits per heavy atom. The van der Waals surface area contributed by atoms with Gasteiger partial charge in [-0.05, 0) is 12.3 Å². The molecule has 1 heterocycles. The molecule has 2 heteroatoms. The summed E-state index contributed by atoms with van der Waals surface area (Å²) in [5.41, 5.74) is 0. The van der Waals surface area contributed by atoms with E-state index in [2.05, 4.69) is 13.8 Å². The molecule has 1 aliphatic rings. The molecule has 1 rings (SSSR count). The Hall–Kier alpha value is -0.0800. The lowest BCUT2D eigenvalue weighted by Gasteiger charge is -2.07. The van der Waals surface area contributed by atoms with Gasteiger partial charge in [-0.3, -0.25) is 0 Å². The predicted molar refractivity (Wildman–Crippen MR) is 67.3 cm³/mol. The van der Waals surface area contributed by atoms with Gasteiger partial charge in [-0.25, -0.2) is 0 Å². The zero-order chi connectivity index (χ0) is 12.1. The van der Waals surface area contributed by atoms with Gasteiger partial charge >= 0.3 is 0 Å². The highest BCUT2D eigenvalue weighted by Crippen LogP contribution is 2.13. The van der Waals surface area contributed by atoms with E-state index in [0.29, 0.717) is 12.0 Å². The summed E-state index contributed by atoms with van der Waals surface area (Å²) in [4.78, 5) is 0. The van der Waals surface area contributed by atoms with Crippen molar-refractivity contribution < 1.29 is 9.47 Å². The summed E-state index contributed by atoms with van der Waals surface area (Å²) < 4.78 is 10.5. The molecule has 0 aromatic heterocycles. The average molecular weight is 218 g/mol. The third-order valence-corrected chi connectivity index (χ3v) is 2.09. The van der Waals surface area contributed by atoms with Crippen molar-refractivity contribution >= 4 is 0 Å². The zero-order valence-electron chi connectivity index (χ0n) is 11.5. The SMILES string of the molecule is CC.CC.CCC(C)COCCC1CO1. The van der Waals surface area contributed by atoms with Crippen molar-refractivity contribution in [3.63, 3.8) is 0 Å². The van der Waals surface area contributed by atoms with Crippen molar-refractivity contribution in [3.05, 3.63) is 0 Å². The van der Waals surface area contributed by atoms with Crippen LogP contribution in [-0.2, 0) is 9.47 Å². The molecule has 94 valence electrons. The van der Waals surface area contributed by atoms with Gasteiger partial charge in [0, 0.05) is 13.2 Å². The van der Waals surface area contributed by atoms with Gasteiger partial charge in [0.25, 0.3) is 0 Å². The lowest BCUT2D eigenvalue weighted by molar-refractivity contribution is 0.0969. The average Bonchev–Trinajstić information content (AvgIpc) is 3.13. The van der Waals surface area contributed by atoms with Crippen LogP contribution < -0.4 is 0 Å². The van der Waals surface area contributed by atoms with E-state index in [1.54, 1.807) is 0 Å². The molecule has 0 saturated carbocycles. The van der Waals surface area contributed by atoms with Crippen molar-refractivity contribution in [3.8, 4) is 0 Å². The Balaban J connectivity index is 0. The van der Waals surface area contributed by atoms with Gasteiger partial charge < -0.3 is 9.47 Å². The molecule has 0 aromatic carbocycles. The van der Waals surface area contributed by atoms with E-state index in [-0.39, 0.29) is 0 Å². The Bertz CT molecular complexity index is 101. The van der Waals surface area contributed by atoms with Crippen LogP contribution >= 0.6 is 0 Å². The van der Waals surface area contributed by atoms with Crippen LogP contribution in [0.15, 0.2) is 0 Å². The van der Waals surface area contributed by atoms with Crippen molar-refractivity contribution in [2.45, 2.75) is 60.5 Å². The van der Waals surface area contributed by atoms with E-state index in [0.717, 1.165) is 26.2 Å². The standard InChI is InChI=1S/C9H18O2.2C2H6/c1-3-8(2)6-10-5-4-9-7-11-9;2*1-2/h8-9H,3-7H2,1-2H3;2*1-2H3. The Labute approximate surface area is 96.4 Å². The quantitative estimate of drug-likeness (QED) is 0.498. The van der Waals surface area contributed by atoms with E-state index in [1.807, 2.05) is 27.7 Å². The van der Waals surface area contributed by atoms with Gasteiger partial charge in [-0.15, -0.1) is 0 Å². The first-order chi connectivity index (χ1) is 7.33. The molecule has 2 unspecified atom stereocenters. The number of rotatable bonds is 6. The number of hydrogen-bond donors (Lipinski definition) is 0. The first-order valence-corrected chi connectivity index (χ1v) is 6.52. The first-order valence-electron chi connectivity index (χ1n) is 6.52. The molecule has 0 spiro atoms. The normalized spacial score (nSPS) is 19.2. The summed E-state index contributed by atoms with van der Waals surface area (Å²) in [5.74, 6) is 0.704. The van der Waals surface area contributed by atoms with Crippen LogP contribution in [0.4, 0.5) is 0 Å². The van der Waals surface area contributed by atoms with Gasteiger partial charge in [-0.1, -0.05) is 48.0 Å². The third-order valence-electron chi connectivity index (χ3n) is 2.09. The minimum atomic E-state index is 0.520. The Kier molecular flexibility index (Phi) is 16.1. The van der Waals surface area contributed by atoms with Crippen LogP contribution in [-0.4, -0.2) is 25.9 Å². The second kappa shape index (κ2) is 13.9. The molecule has 0 radical (unpaired) electrons. The molecule has 0 aromatic rings. The molecule has 1 fully saturated rings. The summed E-state index contributed by atoms with van der Waals surface area (Å²) in [7, 11) is 0. The highest BCUT2D eigenvalue weighted by molar-refractivity contribution is 4.67. The molecule has 0 amide bonds. The minimum absolute atomic E-state index is 0.520. The maximum Gasteiger partial charge on any atom is 0.0831 e. The second-order valence-electron chi connectivity index (χ2n) is 3.33. The van der Waals surface area contributed by atoms with Crippen LogP contribution in [0, 0.1) is 5.92 Å². The molecular formula is C13H30O2. The topological polar surface area (TPSA) is 21.8 Å². The zero-order valence-corrected chi connectivity index (χ0v) is 11.5. The lowest BCUT2D eigenvalue weighted by atomic mass is 10.1. The van der Waals surface area contributed by atoms with Gasteiger partial charge in [0.2, 0.25) is 0 Å². The Morgan fingerprint density at radius 1 is 1.27 bits per heavy atom. The van der Waals surface area contributed by atoms with Crippen molar-refractivity contribution in [2.24, 2.45) is 5.92 Å². The van der Waals surface area contributed by atoms with Gasteiger partial charge in [0.1, 0.15) is 0 Å². The van der Waals surface area contributed by atoms with Gasteiger partial charge in [0.05, 0.1) is 12.7 Å². The predicted octanol–water partition coefficient (Wildman–Crippen LogP) is 3.89. The maximum absolute atomic E-state index is 5.46. The lowest BCUT2D eigenvalue weighted by Crippen LogP contribution is -2.06. The molecule has 15 heavy (non-hydrogen) atoms. The molecule has 0 aliphatic carbocycles. The summed E-state index contributed by atoms with van der Waals surface area (Å²) in [6, 6.07) is 0. The number of ether oxygens (including phenoxy) is 2. The molecule has 2 nitrogen and oxygen atoms in total. The molecular weight excluding hydrogens is 188 g/mol. The molecule has 0 N–H and O–H groups in total. The molecule has 1 aliphatic heterocycles.